The zero-order valence-electron chi connectivity index (χ0n) is 18.0. The summed E-state index contributed by atoms with van der Waals surface area (Å²) in [6, 6.07) is 0. The molecular weight excluding hydrogens is 312 g/mol. The molecule has 0 aliphatic heterocycles. The Morgan fingerprint density at radius 1 is 0.269 bits per heavy atom. The van der Waals surface area contributed by atoms with E-state index in [0.717, 1.165) is 71.0 Å². The summed E-state index contributed by atoms with van der Waals surface area (Å²) in [5.74, 6) is 12.9. The fourth-order valence-electron chi connectivity index (χ4n) is 9.02. The van der Waals surface area contributed by atoms with Gasteiger partial charge in [-0.15, -0.1) is 0 Å². The lowest BCUT2D eigenvalue weighted by Gasteiger charge is -2.55. The Hall–Kier alpha value is 0. The highest BCUT2D eigenvalue weighted by Crippen LogP contribution is 2.59. The Morgan fingerprint density at radius 3 is 0.615 bits per heavy atom. The largest absolute Gasteiger partial charge is 0.0622 e. The molecule has 0 heterocycles. The van der Waals surface area contributed by atoms with Gasteiger partial charge >= 0.3 is 0 Å². The summed E-state index contributed by atoms with van der Waals surface area (Å²) in [6.07, 6.45) is 16.0. The molecule has 0 aromatic carbocycles. The van der Waals surface area contributed by atoms with Crippen LogP contribution in [0.25, 0.3) is 0 Å². The SMILES string of the molecule is CC1CC2CC3CC4CC5CC(C)C(C)CC5CC4CC3CC2CC1C. The van der Waals surface area contributed by atoms with Gasteiger partial charge in [0.15, 0.2) is 0 Å². The van der Waals surface area contributed by atoms with Crippen molar-refractivity contribution in [3.63, 3.8) is 0 Å². The van der Waals surface area contributed by atoms with Crippen LogP contribution in [0.15, 0.2) is 0 Å². The minimum atomic E-state index is 0.991. The van der Waals surface area contributed by atoms with Crippen molar-refractivity contribution in [2.24, 2.45) is 71.0 Å². The van der Waals surface area contributed by atoms with Crippen LogP contribution in [0.2, 0.25) is 0 Å². The lowest BCUT2D eigenvalue weighted by molar-refractivity contribution is -0.0524. The van der Waals surface area contributed by atoms with E-state index in [2.05, 4.69) is 27.7 Å². The highest BCUT2D eigenvalue weighted by Gasteiger charge is 2.49. The van der Waals surface area contributed by atoms with Gasteiger partial charge in [0.1, 0.15) is 0 Å². The molecule has 0 amide bonds. The van der Waals surface area contributed by atoms with Crippen LogP contribution in [0.1, 0.15) is 91.9 Å². The molecule has 12 atom stereocenters. The first-order valence-corrected chi connectivity index (χ1v) is 12.5. The molecule has 0 bridgehead atoms. The summed E-state index contributed by atoms with van der Waals surface area (Å²) >= 11 is 0. The van der Waals surface area contributed by atoms with Crippen LogP contribution in [0.5, 0.6) is 0 Å². The van der Waals surface area contributed by atoms with E-state index < -0.39 is 0 Å². The topological polar surface area (TPSA) is 0 Å². The molecule has 0 saturated heterocycles. The first-order chi connectivity index (χ1) is 12.5. The Balaban J connectivity index is 1.27. The Morgan fingerprint density at radius 2 is 0.423 bits per heavy atom. The lowest BCUT2D eigenvalue weighted by atomic mass is 9.50. The van der Waals surface area contributed by atoms with Gasteiger partial charge in [-0.1, -0.05) is 27.7 Å². The zero-order valence-corrected chi connectivity index (χ0v) is 18.0. The van der Waals surface area contributed by atoms with Crippen molar-refractivity contribution in [3.8, 4) is 0 Å². The maximum atomic E-state index is 2.54. The third-order valence-corrected chi connectivity index (χ3v) is 10.9. The van der Waals surface area contributed by atoms with Crippen molar-refractivity contribution in [3.05, 3.63) is 0 Å². The highest BCUT2D eigenvalue weighted by molar-refractivity contribution is 4.99. The molecule has 0 heteroatoms. The Labute approximate surface area is 163 Å². The van der Waals surface area contributed by atoms with Gasteiger partial charge in [0.05, 0.1) is 0 Å². The van der Waals surface area contributed by atoms with Crippen molar-refractivity contribution in [1.82, 2.24) is 0 Å². The van der Waals surface area contributed by atoms with E-state index in [1.165, 1.54) is 0 Å². The van der Waals surface area contributed by atoms with Crippen molar-refractivity contribution in [2.45, 2.75) is 91.9 Å². The molecule has 0 aromatic heterocycles. The van der Waals surface area contributed by atoms with Gasteiger partial charge in [0.2, 0.25) is 0 Å². The summed E-state index contributed by atoms with van der Waals surface area (Å²) in [5, 5.41) is 0. The van der Waals surface area contributed by atoms with Crippen molar-refractivity contribution >= 4 is 0 Å². The van der Waals surface area contributed by atoms with Gasteiger partial charge in [-0.3, -0.25) is 0 Å². The van der Waals surface area contributed by atoms with E-state index in [0.29, 0.717) is 0 Å². The van der Waals surface area contributed by atoms with Gasteiger partial charge in [0.25, 0.3) is 0 Å². The third-order valence-electron chi connectivity index (χ3n) is 10.9. The Kier molecular flexibility index (Phi) is 4.73. The van der Waals surface area contributed by atoms with Crippen molar-refractivity contribution in [1.29, 1.82) is 0 Å². The van der Waals surface area contributed by atoms with Crippen molar-refractivity contribution < 1.29 is 0 Å². The zero-order chi connectivity index (χ0) is 18.0. The maximum Gasteiger partial charge on any atom is -0.0380 e. The molecule has 0 nitrogen and oxygen atoms in total. The van der Waals surface area contributed by atoms with Crippen LogP contribution < -0.4 is 0 Å². The molecule has 12 unspecified atom stereocenters. The second-order valence-corrected chi connectivity index (χ2v) is 12.3. The Bertz CT molecular complexity index is 418. The van der Waals surface area contributed by atoms with Crippen LogP contribution in [0, 0.1) is 71.0 Å². The standard InChI is InChI=1S/C26H44/c1-15-5-19-9-23-13-25-11-21-7-17(3)18(4)8-22(21)12-26(25)14-24(23)10-20(19)6-16(15)2/h15-26H,5-14H2,1-4H3. The second kappa shape index (κ2) is 6.81. The van der Waals surface area contributed by atoms with Crippen molar-refractivity contribution in [2.75, 3.05) is 0 Å². The molecule has 26 heavy (non-hydrogen) atoms. The summed E-state index contributed by atoms with van der Waals surface area (Å²) in [5.41, 5.74) is 0. The number of fused-ring (bicyclic) bond motifs is 4. The maximum absolute atomic E-state index is 2.54. The van der Waals surface area contributed by atoms with Gasteiger partial charge in [-0.05, 0) is 135 Å². The van der Waals surface area contributed by atoms with E-state index in [1.54, 1.807) is 64.2 Å². The normalized spacial score (nSPS) is 59.5. The minimum absolute atomic E-state index is 0.991. The smallest absolute Gasteiger partial charge is 0.0380 e. The predicted octanol–water partition coefficient (Wildman–Crippen LogP) is 7.43. The van der Waals surface area contributed by atoms with Gasteiger partial charge < -0.3 is 0 Å². The van der Waals surface area contributed by atoms with E-state index in [4.69, 9.17) is 0 Å². The van der Waals surface area contributed by atoms with Gasteiger partial charge in [-0.2, -0.15) is 0 Å². The van der Waals surface area contributed by atoms with Gasteiger partial charge in [-0.25, -0.2) is 0 Å². The molecule has 5 aliphatic rings. The second-order valence-electron chi connectivity index (χ2n) is 12.3. The van der Waals surface area contributed by atoms with Gasteiger partial charge in [0, 0.05) is 0 Å². The molecule has 0 N–H and O–H groups in total. The monoisotopic (exact) mass is 356 g/mol. The molecule has 148 valence electrons. The van der Waals surface area contributed by atoms with Crippen LogP contribution >= 0.6 is 0 Å². The first kappa shape index (κ1) is 18.1. The predicted molar refractivity (Wildman–Crippen MR) is 111 cm³/mol. The fraction of sp³-hybridized carbons (Fsp3) is 1.00. The quantitative estimate of drug-likeness (QED) is 0.423. The summed E-state index contributed by atoms with van der Waals surface area (Å²) in [7, 11) is 0. The van der Waals surface area contributed by atoms with E-state index >= 15 is 0 Å². The molecule has 0 radical (unpaired) electrons. The molecular formula is C26H44. The summed E-state index contributed by atoms with van der Waals surface area (Å²) in [4.78, 5) is 0. The highest BCUT2D eigenvalue weighted by atomic mass is 14.5. The van der Waals surface area contributed by atoms with E-state index in [9.17, 15) is 0 Å². The lowest BCUT2D eigenvalue weighted by Crippen LogP contribution is -2.46. The van der Waals surface area contributed by atoms with Crippen LogP contribution in [0.4, 0.5) is 0 Å². The number of hydrogen-bond donors (Lipinski definition) is 0. The van der Waals surface area contributed by atoms with Crippen LogP contribution in [-0.4, -0.2) is 0 Å². The minimum Gasteiger partial charge on any atom is -0.0622 e. The third kappa shape index (κ3) is 3.10. The number of hydrogen-bond acceptors (Lipinski definition) is 0. The first-order valence-electron chi connectivity index (χ1n) is 12.5. The van der Waals surface area contributed by atoms with E-state index in [-0.39, 0.29) is 0 Å². The van der Waals surface area contributed by atoms with Crippen LogP contribution in [-0.2, 0) is 0 Å². The summed E-state index contributed by atoms with van der Waals surface area (Å²) in [6.45, 7) is 10.2. The molecule has 0 spiro atoms. The fourth-order valence-corrected chi connectivity index (χ4v) is 9.02. The average molecular weight is 357 g/mol. The van der Waals surface area contributed by atoms with E-state index in [1.807, 2.05) is 0 Å². The molecule has 5 saturated carbocycles. The molecule has 0 aromatic rings. The summed E-state index contributed by atoms with van der Waals surface area (Å²) < 4.78 is 0. The molecule has 5 rings (SSSR count). The van der Waals surface area contributed by atoms with Crippen LogP contribution in [0.3, 0.4) is 0 Å². The average Bonchev–Trinajstić information content (AvgIpc) is 2.59. The molecule has 5 fully saturated rings. The number of rotatable bonds is 0. The molecule has 5 aliphatic carbocycles.